The molecule has 2 aliphatic rings. The fraction of sp³-hybridized carbons (Fsp3) is 0.765. The van der Waals surface area contributed by atoms with Crippen LogP contribution in [0, 0.1) is 29.1 Å². The van der Waals surface area contributed by atoms with Crippen LogP contribution in [-0.4, -0.2) is 57.0 Å². The predicted molar refractivity (Wildman–Crippen MR) is 82.6 cm³/mol. The lowest BCUT2D eigenvalue weighted by Crippen LogP contribution is -2.37. The van der Waals surface area contributed by atoms with Crippen LogP contribution in [0.5, 0.6) is 0 Å². The minimum Gasteiger partial charge on any atom is -0.385 e. The monoisotopic (exact) mass is 326 g/mol. The van der Waals surface area contributed by atoms with Gasteiger partial charge in [-0.05, 0) is 5.92 Å². The Morgan fingerprint density at radius 2 is 2.00 bits per heavy atom. The second kappa shape index (κ2) is 7.66. The maximum atomic E-state index is 12.4. The van der Waals surface area contributed by atoms with Crippen LogP contribution in [0.3, 0.4) is 0 Å². The highest BCUT2D eigenvalue weighted by Gasteiger charge is 2.57. The van der Waals surface area contributed by atoms with Gasteiger partial charge in [-0.3, -0.25) is 4.79 Å². The largest absolute Gasteiger partial charge is 0.385 e. The molecule has 1 N–H and O–H groups in total. The molecule has 0 aromatic heterocycles. The van der Waals surface area contributed by atoms with Crippen molar-refractivity contribution in [1.29, 1.82) is 0 Å². The fourth-order valence-corrected chi connectivity index (χ4v) is 3.62. The molecule has 0 radical (unpaired) electrons. The first-order valence-corrected chi connectivity index (χ1v) is 7.95. The number of carbonyl (C=O) groups excluding carboxylic acids is 2. The van der Waals surface area contributed by atoms with Gasteiger partial charge in [-0.2, -0.15) is 0 Å². The molecule has 0 bridgehead atoms. The van der Waals surface area contributed by atoms with Gasteiger partial charge in [0.15, 0.2) is 5.78 Å². The average Bonchev–Trinajstić information content (AvgIpc) is 2.71. The van der Waals surface area contributed by atoms with Crippen molar-refractivity contribution in [3.8, 4) is 0 Å². The van der Waals surface area contributed by atoms with Gasteiger partial charge in [-0.25, -0.2) is 0 Å². The standard InChI is InChI=1S/C17H26O6/c1-17(2)13-5-4-11(9-23-10-22-7-6-21-3)12(8-18)14(13)15(19)16(17)20/h4-5,8,11-14,16,20H,6-7,9-10H2,1-3H3/t11-,12+,13-,14+,16+/m1/s1. The lowest BCUT2D eigenvalue weighted by molar-refractivity contribution is -0.134. The Morgan fingerprint density at radius 1 is 1.26 bits per heavy atom. The molecule has 1 saturated carbocycles. The highest BCUT2D eigenvalue weighted by atomic mass is 16.7. The van der Waals surface area contributed by atoms with E-state index in [1.807, 2.05) is 26.0 Å². The molecule has 0 saturated heterocycles. The number of allylic oxidation sites excluding steroid dienone is 1. The summed E-state index contributed by atoms with van der Waals surface area (Å²) in [5.74, 6) is -1.46. The Hall–Kier alpha value is -1.08. The van der Waals surface area contributed by atoms with Crippen molar-refractivity contribution in [2.45, 2.75) is 20.0 Å². The maximum absolute atomic E-state index is 12.4. The molecule has 0 aromatic rings. The molecule has 1 fully saturated rings. The summed E-state index contributed by atoms with van der Waals surface area (Å²) < 4.78 is 15.5. The van der Waals surface area contributed by atoms with Crippen LogP contribution in [0.15, 0.2) is 12.2 Å². The van der Waals surface area contributed by atoms with E-state index < -0.39 is 23.4 Å². The molecule has 0 spiro atoms. The summed E-state index contributed by atoms with van der Waals surface area (Å²) in [6.07, 6.45) is 3.69. The highest BCUT2D eigenvalue weighted by molar-refractivity contribution is 5.92. The summed E-state index contributed by atoms with van der Waals surface area (Å²) in [4.78, 5) is 24.0. The number of carbonyl (C=O) groups is 2. The third kappa shape index (κ3) is 3.55. The molecule has 5 atom stereocenters. The van der Waals surface area contributed by atoms with Crippen LogP contribution >= 0.6 is 0 Å². The van der Waals surface area contributed by atoms with Gasteiger partial charge in [0, 0.05) is 30.3 Å². The summed E-state index contributed by atoms with van der Waals surface area (Å²) in [6.45, 7) is 5.10. The molecule has 0 aliphatic heterocycles. The van der Waals surface area contributed by atoms with Crippen molar-refractivity contribution in [3.63, 3.8) is 0 Å². The van der Waals surface area contributed by atoms with Gasteiger partial charge in [0.25, 0.3) is 0 Å². The van der Waals surface area contributed by atoms with E-state index in [-0.39, 0.29) is 24.4 Å². The summed E-state index contributed by atoms with van der Waals surface area (Å²) >= 11 is 0. The van der Waals surface area contributed by atoms with Gasteiger partial charge >= 0.3 is 0 Å². The number of fused-ring (bicyclic) bond motifs is 1. The molecular weight excluding hydrogens is 300 g/mol. The molecule has 0 unspecified atom stereocenters. The number of aldehydes is 1. The van der Waals surface area contributed by atoms with E-state index in [1.165, 1.54) is 0 Å². The lowest BCUT2D eigenvalue weighted by Gasteiger charge is -2.36. The molecule has 2 rings (SSSR count). The van der Waals surface area contributed by atoms with Crippen molar-refractivity contribution >= 4 is 12.1 Å². The number of aliphatic hydroxyl groups is 1. The molecule has 0 heterocycles. The second-order valence-corrected chi connectivity index (χ2v) is 6.83. The zero-order valence-corrected chi connectivity index (χ0v) is 13.9. The van der Waals surface area contributed by atoms with E-state index in [0.717, 1.165) is 6.29 Å². The van der Waals surface area contributed by atoms with Crippen LogP contribution in [0.1, 0.15) is 13.8 Å². The normalized spacial score (nSPS) is 35.3. The van der Waals surface area contributed by atoms with Crippen LogP contribution < -0.4 is 0 Å². The van der Waals surface area contributed by atoms with E-state index in [2.05, 4.69) is 0 Å². The van der Waals surface area contributed by atoms with Crippen molar-refractivity contribution in [1.82, 2.24) is 0 Å². The Bertz CT molecular complexity index is 458. The maximum Gasteiger partial charge on any atom is 0.166 e. The topological polar surface area (TPSA) is 82.1 Å². The van der Waals surface area contributed by atoms with E-state index in [9.17, 15) is 14.7 Å². The van der Waals surface area contributed by atoms with Crippen LogP contribution in [-0.2, 0) is 23.8 Å². The van der Waals surface area contributed by atoms with Gasteiger partial charge < -0.3 is 24.1 Å². The Balaban J connectivity index is 1.97. The zero-order chi connectivity index (χ0) is 17.0. The summed E-state index contributed by atoms with van der Waals surface area (Å²) in [5.41, 5.74) is -0.547. The lowest BCUT2D eigenvalue weighted by atomic mass is 9.67. The average molecular weight is 326 g/mol. The van der Waals surface area contributed by atoms with Crippen molar-refractivity contribution < 1.29 is 28.9 Å². The minimum absolute atomic E-state index is 0.116. The minimum atomic E-state index is -1.03. The number of hydrogen-bond acceptors (Lipinski definition) is 6. The third-order valence-corrected chi connectivity index (χ3v) is 5.09. The number of ketones is 1. The SMILES string of the molecule is COCCOCOC[C@H]1C=C[C@@H]2[C@@H](C(=O)[C@H](O)C2(C)C)[C@H]1C=O. The van der Waals surface area contributed by atoms with Gasteiger partial charge in [0.1, 0.15) is 19.2 Å². The molecule has 6 nitrogen and oxygen atoms in total. The quantitative estimate of drug-likeness (QED) is 0.308. The third-order valence-electron chi connectivity index (χ3n) is 5.09. The first kappa shape index (κ1) is 18.3. The number of aliphatic hydroxyl groups excluding tert-OH is 1. The summed E-state index contributed by atoms with van der Waals surface area (Å²) in [6, 6.07) is 0. The fourth-order valence-electron chi connectivity index (χ4n) is 3.62. The summed E-state index contributed by atoms with van der Waals surface area (Å²) in [5, 5.41) is 10.2. The smallest absolute Gasteiger partial charge is 0.166 e. The van der Waals surface area contributed by atoms with E-state index in [0.29, 0.717) is 19.8 Å². The van der Waals surface area contributed by atoms with Crippen LogP contribution in [0.25, 0.3) is 0 Å². The molecule has 130 valence electrons. The van der Waals surface area contributed by atoms with Gasteiger partial charge in [-0.1, -0.05) is 26.0 Å². The number of ether oxygens (including phenoxy) is 3. The van der Waals surface area contributed by atoms with Crippen molar-refractivity contribution in [2.24, 2.45) is 29.1 Å². The molecule has 0 amide bonds. The highest BCUT2D eigenvalue weighted by Crippen LogP contribution is 2.51. The van der Waals surface area contributed by atoms with E-state index in [4.69, 9.17) is 14.2 Å². The number of rotatable bonds is 8. The molecule has 0 aromatic carbocycles. The van der Waals surface area contributed by atoms with E-state index in [1.54, 1.807) is 7.11 Å². The Kier molecular flexibility index (Phi) is 6.08. The first-order chi connectivity index (χ1) is 10.9. The van der Waals surface area contributed by atoms with Gasteiger partial charge in [0.05, 0.1) is 19.8 Å². The second-order valence-electron chi connectivity index (χ2n) is 6.83. The van der Waals surface area contributed by atoms with Crippen LogP contribution in [0.4, 0.5) is 0 Å². The van der Waals surface area contributed by atoms with Gasteiger partial charge in [0.2, 0.25) is 0 Å². The Morgan fingerprint density at radius 3 is 2.65 bits per heavy atom. The number of methoxy groups -OCH3 is 1. The molecule has 2 aliphatic carbocycles. The molecule has 23 heavy (non-hydrogen) atoms. The zero-order valence-electron chi connectivity index (χ0n) is 13.9. The first-order valence-electron chi connectivity index (χ1n) is 7.95. The van der Waals surface area contributed by atoms with E-state index >= 15 is 0 Å². The number of Topliss-reactive ketones (excluding diaryl/α,β-unsaturated/α-hetero) is 1. The van der Waals surface area contributed by atoms with Crippen LogP contribution in [0.2, 0.25) is 0 Å². The predicted octanol–water partition coefficient (Wildman–Crippen LogP) is 0.827. The number of hydrogen-bond donors (Lipinski definition) is 1. The van der Waals surface area contributed by atoms with Gasteiger partial charge in [-0.15, -0.1) is 0 Å². The molecule has 6 heteroatoms. The van der Waals surface area contributed by atoms with Crippen molar-refractivity contribution in [3.05, 3.63) is 12.2 Å². The summed E-state index contributed by atoms with van der Waals surface area (Å²) in [7, 11) is 1.59. The van der Waals surface area contributed by atoms with Crippen molar-refractivity contribution in [2.75, 3.05) is 33.7 Å². The Labute approximate surface area is 136 Å². The molecular formula is C17H26O6.